The summed E-state index contributed by atoms with van der Waals surface area (Å²) in [5.74, 6) is 0.860. The van der Waals surface area contributed by atoms with Crippen LogP contribution in [0.3, 0.4) is 0 Å². The Morgan fingerprint density at radius 2 is 2.03 bits per heavy atom. The predicted molar refractivity (Wildman–Crippen MR) is 121 cm³/mol. The van der Waals surface area contributed by atoms with E-state index in [1.165, 1.54) is 0 Å². The zero-order valence-corrected chi connectivity index (χ0v) is 19.3. The minimum Gasteiger partial charge on any atom is -0.486 e. The van der Waals surface area contributed by atoms with Gasteiger partial charge < -0.3 is 9.64 Å². The molecule has 0 unspecified atom stereocenters. The normalized spacial score (nSPS) is 11.9. The van der Waals surface area contributed by atoms with E-state index in [4.69, 9.17) is 4.74 Å². The van der Waals surface area contributed by atoms with Crippen LogP contribution >= 0.6 is 27.3 Å². The topological polar surface area (TPSA) is 42.4 Å². The number of benzene rings is 2. The van der Waals surface area contributed by atoms with Gasteiger partial charge in [-0.05, 0) is 56.2 Å². The van der Waals surface area contributed by atoms with Crippen LogP contribution in [0.1, 0.15) is 46.9 Å². The summed E-state index contributed by atoms with van der Waals surface area (Å²) in [5, 5.41) is 2.92. The van der Waals surface area contributed by atoms with Gasteiger partial charge in [0.2, 0.25) is 0 Å². The van der Waals surface area contributed by atoms with Crippen LogP contribution in [-0.2, 0) is 13.2 Å². The van der Waals surface area contributed by atoms with Crippen molar-refractivity contribution < 1.29 is 9.53 Å². The Bertz CT molecular complexity index is 973. The van der Waals surface area contributed by atoms with Crippen molar-refractivity contribution in [2.75, 3.05) is 0 Å². The number of rotatable bonds is 8. The van der Waals surface area contributed by atoms with Gasteiger partial charge >= 0.3 is 0 Å². The molecule has 3 rings (SSSR count). The van der Waals surface area contributed by atoms with Crippen LogP contribution in [0, 0.1) is 6.92 Å². The molecule has 0 aliphatic heterocycles. The van der Waals surface area contributed by atoms with E-state index in [9.17, 15) is 4.79 Å². The van der Waals surface area contributed by atoms with Crippen LogP contribution in [-0.4, -0.2) is 21.8 Å². The summed E-state index contributed by atoms with van der Waals surface area (Å²) in [4.78, 5) is 19.7. The number of amides is 1. The molecule has 0 aliphatic carbocycles. The van der Waals surface area contributed by atoms with Gasteiger partial charge in [0.15, 0.2) is 0 Å². The Morgan fingerprint density at radius 1 is 1.24 bits per heavy atom. The van der Waals surface area contributed by atoms with Crippen LogP contribution in [0.15, 0.2) is 58.4 Å². The lowest BCUT2D eigenvalue weighted by Gasteiger charge is -2.28. The Balaban J connectivity index is 1.69. The van der Waals surface area contributed by atoms with Crippen LogP contribution in [0.2, 0.25) is 0 Å². The van der Waals surface area contributed by atoms with E-state index in [-0.39, 0.29) is 11.9 Å². The Hall–Kier alpha value is -2.18. The first-order valence-corrected chi connectivity index (χ1v) is 11.3. The molecule has 0 aliphatic rings. The standard InChI is InChI=1S/C23H25BrN2O2S/c1-4-17(3)26(23(27)18-8-6-9-19(24)12-18)13-20-15-29-22(25-20)14-28-21-10-5-7-16(2)11-21/h5-12,15,17H,4,13-14H2,1-3H3/t17-/m0/s1. The second-order valence-electron chi connectivity index (χ2n) is 7.04. The summed E-state index contributed by atoms with van der Waals surface area (Å²) in [7, 11) is 0. The van der Waals surface area contributed by atoms with E-state index in [0.717, 1.165) is 32.9 Å². The zero-order chi connectivity index (χ0) is 20.8. The fourth-order valence-corrected chi connectivity index (χ4v) is 4.04. The average Bonchev–Trinajstić information content (AvgIpc) is 3.17. The van der Waals surface area contributed by atoms with Crippen molar-refractivity contribution in [1.29, 1.82) is 0 Å². The maximum atomic E-state index is 13.1. The molecule has 0 saturated heterocycles. The van der Waals surface area contributed by atoms with Gasteiger partial charge in [-0.3, -0.25) is 4.79 Å². The number of ether oxygens (including phenoxy) is 1. The summed E-state index contributed by atoms with van der Waals surface area (Å²) in [5.41, 5.74) is 2.73. The third-order valence-corrected chi connectivity index (χ3v) is 6.10. The lowest BCUT2D eigenvalue weighted by atomic mass is 10.1. The van der Waals surface area contributed by atoms with Crippen molar-refractivity contribution >= 4 is 33.2 Å². The molecule has 0 spiro atoms. The van der Waals surface area contributed by atoms with E-state index in [0.29, 0.717) is 18.7 Å². The minimum atomic E-state index is 0.0196. The molecular weight excluding hydrogens is 448 g/mol. The highest BCUT2D eigenvalue weighted by Gasteiger charge is 2.22. The number of hydrogen-bond acceptors (Lipinski definition) is 4. The first-order valence-electron chi connectivity index (χ1n) is 9.65. The SMILES string of the molecule is CC[C@H](C)N(Cc1csc(COc2cccc(C)c2)n1)C(=O)c1cccc(Br)c1. The number of carbonyl (C=O) groups is 1. The van der Waals surface area contributed by atoms with Gasteiger partial charge in [-0.25, -0.2) is 4.98 Å². The highest BCUT2D eigenvalue weighted by atomic mass is 79.9. The Morgan fingerprint density at radius 3 is 2.76 bits per heavy atom. The number of carbonyl (C=O) groups excluding carboxylic acids is 1. The number of aromatic nitrogens is 1. The third kappa shape index (κ3) is 5.90. The van der Waals surface area contributed by atoms with Crippen molar-refractivity contribution in [2.24, 2.45) is 0 Å². The molecule has 4 nitrogen and oxygen atoms in total. The lowest BCUT2D eigenvalue weighted by Crippen LogP contribution is -2.37. The molecule has 0 bridgehead atoms. The van der Waals surface area contributed by atoms with Gasteiger partial charge in [0.25, 0.3) is 5.91 Å². The molecule has 3 aromatic rings. The highest BCUT2D eigenvalue weighted by molar-refractivity contribution is 9.10. The number of nitrogens with zero attached hydrogens (tertiary/aromatic N) is 2. The van der Waals surface area contributed by atoms with E-state index < -0.39 is 0 Å². The fraction of sp³-hybridized carbons (Fsp3) is 0.304. The average molecular weight is 473 g/mol. The molecule has 29 heavy (non-hydrogen) atoms. The van der Waals surface area contributed by atoms with Gasteiger partial charge in [-0.1, -0.05) is 41.1 Å². The summed E-state index contributed by atoms with van der Waals surface area (Å²) in [6, 6.07) is 15.6. The maximum absolute atomic E-state index is 13.1. The predicted octanol–water partition coefficient (Wildman–Crippen LogP) is 6.23. The quantitative estimate of drug-likeness (QED) is 0.389. The number of aryl methyl sites for hydroxylation is 1. The van der Waals surface area contributed by atoms with Crippen molar-refractivity contribution in [3.05, 3.63) is 80.2 Å². The van der Waals surface area contributed by atoms with Crippen LogP contribution in [0.4, 0.5) is 0 Å². The fourth-order valence-electron chi connectivity index (χ4n) is 2.95. The summed E-state index contributed by atoms with van der Waals surface area (Å²) < 4.78 is 6.75. The largest absolute Gasteiger partial charge is 0.486 e. The van der Waals surface area contributed by atoms with E-state index in [1.807, 2.05) is 65.7 Å². The molecule has 1 amide bonds. The lowest BCUT2D eigenvalue weighted by molar-refractivity contribution is 0.0669. The molecule has 1 heterocycles. The molecule has 1 atom stereocenters. The van der Waals surface area contributed by atoms with E-state index in [1.54, 1.807) is 11.3 Å². The second-order valence-corrected chi connectivity index (χ2v) is 8.90. The molecule has 0 N–H and O–H groups in total. The second kappa shape index (κ2) is 10.0. The molecule has 0 fully saturated rings. The molecule has 0 radical (unpaired) electrons. The van der Waals surface area contributed by atoms with Crippen LogP contribution in [0.5, 0.6) is 5.75 Å². The summed E-state index contributed by atoms with van der Waals surface area (Å²) >= 11 is 5.01. The Labute approximate surface area is 184 Å². The summed E-state index contributed by atoms with van der Waals surface area (Å²) in [6.45, 7) is 7.12. The third-order valence-electron chi connectivity index (χ3n) is 4.74. The monoisotopic (exact) mass is 472 g/mol. The van der Waals surface area contributed by atoms with Crippen molar-refractivity contribution in [2.45, 2.75) is 46.4 Å². The van der Waals surface area contributed by atoms with Crippen LogP contribution in [0.25, 0.3) is 0 Å². The Kier molecular flexibility index (Phi) is 7.45. The smallest absolute Gasteiger partial charge is 0.254 e. The first-order chi connectivity index (χ1) is 14.0. The summed E-state index contributed by atoms with van der Waals surface area (Å²) in [6.07, 6.45) is 0.882. The van der Waals surface area contributed by atoms with Crippen molar-refractivity contribution in [3.63, 3.8) is 0 Å². The van der Waals surface area contributed by atoms with Crippen molar-refractivity contribution in [1.82, 2.24) is 9.88 Å². The van der Waals surface area contributed by atoms with Gasteiger partial charge in [-0.2, -0.15) is 0 Å². The van der Waals surface area contributed by atoms with Gasteiger partial charge in [0, 0.05) is 21.5 Å². The molecular formula is C23H25BrN2O2S. The number of halogens is 1. The van der Waals surface area contributed by atoms with E-state index in [2.05, 4.69) is 34.8 Å². The minimum absolute atomic E-state index is 0.0196. The molecule has 6 heteroatoms. The number of hydrogen-bond donors (Lipinski definition) is 0. The molecule has 152 valence electrons. The maximum Gasteiger partial charge on any atom is 0.254 e. The van der Waals surface area contributed by atoms with Gasteiger partial charge in [0.1, 0.15) is 17.4 Å². The van der Waals surface area contributed by atoms with E-state index >= 15 is 0 Å². The zero-order valence-electron chi connectivity index (χ0n) is 16.9. The molecule has 0 saturated carbocycles. The molecule has 2 aromatic carbocycles. The molecule has 1 aromatic heterocycles. The van der Waals surface area contributed by atoms with Crippen LogP contribution < -0.4 is 4.74 Å². The highest BCUT2D eigenvalue weighted by Crippen LogP contribution is 2.21. The van der Waals surface area contributed by atoms with Gasteiger partial charge in [0.05, 0.1) is 12.2 Å². The first kappa shape index (κ1) is 21.5. The number of thiazole rings is 1. The van der Waals surface area contributed by atoms with Crippen molar-refractivity contribution in [3.8, 4) is 5.75 Å². The van der Waals surface area contributed by atoms with Gasteiger partial charge in [-0.15, -0.1) is 11.3 Å².